The van der Waals surface area contributed by atoms with Crippen LogP contribution in [-0.4, -0.2) is 12.6 Å². The van der Waals surface area contributed by atoms with Crippen LogP contribution >= 0.6 is 15.9 Å². The molecule has 2 heteroatoms. The maximum Gasteiger partial charge on any atom is 0.0268 e. The van der Waals surface area contributed by atoms with Crippen LogP contribution in [0.4, 0.5) is 0 Å². The smallest absolute Gasteiger partial charge is 0.0268 e. The molecule has 0 bridgehead atoms. The third kappa shape index (κ3) is 3.60. The van der Waals surface area contributed by atoms with E-state index in [-0.39, 0.29) is 0 Å². The van der Waals surface area contributed by atoms with E-state index >= 15 is 0 Å². The molecule has 0 spiro atoms. The number of hydrogen-bond acceptors (Lipinski definition) is 1. The highest BCUT2D eigenvalue weighted by molar-refractivity contribution is 9.11. The second kappa shape index (κ2) is 5.49. The zero-order valence-corrected chi connectivity index (χ0v) is 11.1. The van der Waals surface area contributed by atoms with Crippen molar-refractivity contribution < 1.29 is 0 Å². The van der Waals surface area contributed by atoms with E-state index in [1.54, 1.807) is 0 Å². The summed E-state index contributed by atoms with van der Waals surface area (Å²) in [5.41, 5.74) is 0. The number of hydrogen-bond donors (Lipinski definition) is 1. The van der Waals surface area contributed by atoms with Crippen LogP contribution in [0.2, 0.25) is 0 Å². The highest BCUT2D eigenvalue weighted by atomic mass is 79.9. The summed E-state index contributed by atoms with van der Waals surface area (Å²) in [4.78, 5) is 0. The third-order valence-corrected chi connectivity index (χ3v) is 4.10. The normalized spacial score (nSPS) is 25.1. The fourth-order valence-corrected chi connectivity index (χ4v) is 3.06. The molecule has 0 radical (unpaired) electrons. The Balaban J connectivity index is 1.83. The van der Waals surface area contributed by atoms with E-state index in [1.165, 1.54) is 44.9 Å². The first-order valence-electron chi connectivity index (χ1n) is 6.34. The Morgan fingerprint density at radius 3 is 2.27 bits per heavy atom. The van der Waals surface area contributed by atoms with Gasteiger partial charge in [0.15, 0.2) is 0 Å². The lowest BCUT2D eigenvalue weighted by molar-refractivity contribution is 0.253. The number of halogens is 1. The van der Waals surface area contributed by atoms with Crippen LogP contribution in [0.3, 0.4) is 0 Å². The second-order valence-corrected chi connectivity index (χ2v) is 6.28. The summed E-state index contributed by atoms with van der Waals surface area (Å²) in [5.74, 6) is 1.91. The van der Waals surface area contributed by atoms with Crippen LogP contribution in [-0.2, 0) is 0 Å². The summed E-state index contributed by atoms with van der Waals surface area (Å²) in [6.45, 7) is 4.85. The molecule has 0 aromatic carbocycles. The molecule has 1 nitrogen and oxygen atoms in total. The maximum absolute atomic E-state index is 3.91. The van der Waals surface area contributed by atoms with E-state index < -0.39 is 0 Å². The van der Waals surface area contributed by atoms with E-state index in [2.05, 4.69) is 27.8 Å². The first-order chi connectivity index (χ1) is 7.27. The largest absolute Gasteiger partial charge is 0.309 e. The first kappa shape index (κ1) is 11.7. The van der Waals surface area contributed by atoms with E-state index in [0.29, 0.717) is 0 Å². The van der Waals surface area contributed by atoms with Crippen molar-refractivity contribution in [3.63, 3.8) is 0 Å². The standard InChI is InChI=1S/C13H22BrN/c1-10(14)9-15-13(12-7-8-12)11-5-3-2-4-6-11/h11-13,15H,1-9H2. The van der Waals surface area contributed by atoms with Gasteiger partial charge in [0, 0.05) is 17.1 Å². The van der Waals surface area contributed by atoms with Gasteiger partial charge in [0.1, 0.15) is 0 Å². The molecule has 0 aliphatic heterocycles. The fourth-order valence-electron chi connectivity index (χ4n) is 2.90. The molecule has 0 heterocycles. The van der Waals surface area contributed by atoms with Gasteiger partial charge in [0.25, 0.3) is 0 Å². The molecular weight excluding hydrogens is 250 g/mol. The van der Waals surface area contributed by atoms with Gasteiger partial charge >= 0.3 is 0 Å². The van der Waals surface area contributed by atoms with Gasteiger partial charge < -0.3 is 5.32 Å². The van der Waals surface area contributed by atoms with Gasteiger partial charge in [-0.05, 0) is 37.5 Å². The molecule has 2 aliphatic carbocycles. The van der Waals surface area contributed by atoms with E-state index in [1.807, 2.05) is 0 Å². The predicted octanol–water partition coefficient (Wildman–Crippen LogP) is 3.84. The molecule has 0 aromatic heterocycles. The van der Waals surface area contributed by atoms with Crippen LogP contribution < -0.4 is 5.32 Å². The Kier molecular flexibility index (Phi) is 4.27. The molecule has 2 fully saturated rings. The minimum atomic E-state index is 0.777. The molecule has 0 aromatic rings. The molecule has 2 aliphatic rings. The predicted molar refractivity (Wildman–Crippen MR) is 69.2 cm³/mol. The maximum atomic E-state index is 3.91. The summed E-state index contributed by atoms with van der Waals surface area (Å²) in [6, 6.07) is 0.777. The lowest BCUT2D eigenvalue weighted by Crippen LogP contribution is -2.39. The molecule has 15 heavy (non-hydrogen) atoms. The van der Waals surface area contributed by atoms with Crippen molar-refractivity contribution in [1.82, 2.24) is 5.32 Å². The van der Waals surface area contributed by atoms with Crippen LogP contribution in [0.25, 0.3) is 0 Å². The van der Waals surface area contributed by atoms with Gasteiger partial charge in [-0.2, -0.15) is 0 Å². The number of rotatable bonds is 5. The Morgan fingerprint density at radius 2 is 1.73 bits per heavy atom. The minimum absolute atomic E-state index is 0.777. The summed E-state index contributed by atoms with van der Waals surface area (Å²) < 4.78 is 1.09. The van der Waals surface area contributed by atoms with Crippen LogP contribution in [0.15, 0.2) is 11.1 Å². The van der Waals surface area contributed by atoms with Crippen molar-refractivity contribution in [3.8, 4) is 0 Å². The quantitative estimate of drug-likeness (QED) is 0.801. The van der Waals surface area contributed by atoms with Gasteiger partial charge in [0.2, 0.25) is 0 Å². The summed E-state index contributed by atoms with van der Waals surface area (Å²) in [5, 5.41) is 3.70. The minimum Gasteiger partial charge on any atom is -0.309 e. The number of nitrogens with one attached hydrogen (secondary N) is 1. The van der Waals surface area contributed by atoms with Crippen molar-refractivity contribution in [1.29, 1.82) is 0 Å². The van der Waals surface area contributed by atoms with E-state index in [4.69, 9.17) is 0 Å². The Bertz CT molecular complexity index is 217. The highest BCUT2D eigenvalue weighted by Crippen LogP contribution is 2.40. The lowest BCUT2D eigenvalue weighted by Gasteiger charge is -2.31. The van der Waals surface area contributed by atoms with Gasteiger partial charge in [-0.25, -0.2) is 0 Å². The average molecular weight is 272 g/mol. The Hall–Kier alpha value is 0.180. The molecule has 1 N–H and O–H groups in total. The van der Waals surface area contributed by atoms with Gasteiger partial charge in [-0.3, -0.25) is 0 Å². The molecule has 1 unspecified atom stereocenters. The van der Waals surface area contributed by atoms with Crippen molar-refractivity contribution in [2.45, 2.75) is 51.0 Å². The highest BCUT2D eigenvalue weighted by Gasteiger charge is 2.36. The Labute approximate surface area is 102 Å². The summed E-state index contributed by atoms with van der Waals surface area (Å²) >= 11 is 3.44. The third-order valence-electron chi connectivity index (χ3n) is 3.82. The van der Waals surface area contributed by atoms with Crippen LogP contribution in [0, 0.1) is 11.8 Å². The second-order valence-electron chi connectivity index (χ2n) is 5.16. The average Bonchev–Trinajstić information content (AvgIpc) is 3.03. The fraction of sp³-hybridized carbons (Fsp3) is 0.846. The monoisotopic (exact) mass is 271 g/mol. The zero-order valence-electron chi connectivity index (χ0n) is 9.47. The Morgan fingerprint density at radius 1 is 1.13 bits per heavy atom. The van der Waals surface area contributed by atoms with Gasteiger partial charge in [0.05, 0.1) is 0 Å². The topological polar surface area (TPSA) is 12.0 Å². The molecule has 2 saturated carbocycles. The molecule has 0 saturated heterocycles. The van der Waals surface area contributed by atoms with Crippen LogP contribution in [0.1, 0.15) is 44.9 Å². The van der Waals surface area contributed by atoms with Crippen molar-refractivity contribution >= 4 is 15.9 Å². The van der Waals surface area contributed by atoms with Crippen LogP contribution in [0.5, 0.6) is 0 Å². The van der Waals surface area contributed by atoms with Gasteiger partial charge in [-0.15, -0.1) is 0 Å². The van der Waals surface area contributed by atoms with E-state index in [0.717, 1.165) is 28.9 Å². The SMILES string of the molecule is C=C(Br)CNC(C1CCCCC1)C1CC1. The van der Waals surface area contributed by atoms with Crippen molar-refractivity contribution in [3.05, 3.63) is 11.1 Å². The van der Waals surface area contributed by atoms with Crippen molar-refractivity contribution in [2.75, 3.05) is 6.54 Å². The molecular formula is C13H22BrN. The summed E-state index contributed by atoms with van der Waals surface area (Å²) in [6.07, 6.45) is 10.1. The van der Waals surface area contributed by atoms with Gasteiger partial charge in [-0.1, -0.05) is 41.8 Å². The molecule has 0 amide bonds. The first-order valence-corrected chi connectivity index (χ1v) is 7.13. The molecule has 86 valence electrons. The molecule has 1 atom stereocenters. The summed E-state index contributed by atoms with van der Waals surface area (Å²) in [7, 11) is 0. The van der Waals surface area contributed by atoms with Crippen molar-refractivity contribution in [2.24, 2.45) is 11.8 Å². The molecule has 2 rings (SSSR count). The zero-order chi connectivity index (χ0) is 10.7. The lowest BCUT2D eigenvalue weighted by atomic mass is 9.82. The van der Waals surface area contributed by atoms with E-state index in [9.17, 15) is 0 Å².